The Labute approximate surface area is 202 Å². The van der Waals surface area contributed by atoms with E-state index in [4.69, 9.17) is 21.3 Å². The van der Waals surface area contributed by atoms with Gasteiger partial charge in [0.05, 0.1) is 45.6 Å². The summed E-state index contributed by atoms with van der Waals surface area (Å²) in [6.45, 7) is 4.83. The molecule has 1 amide bonds. The van der Waals surface area contributed by atoms with Crippen molar-refractivity contribution >= 4 is 34.1 Å². The van der Waals surface area contributed by atoms with E-state index in [0.29, 0.717) is 42.7 Å². The summed E-state index contributed by atoms with van der Waals surface area (Å²) in [6, 6.07) is 10.4. The molecule has 0 bridgehead atoms. The van der Waals surface area contributed by atoms with Gasteiger partial charge < -0.3 is 9.64 Å². The zero-order valence-electron chi connectivity index (χ0n) is 19.4. The number of carbonyl (C=O) groups excluding carboxylic acids is 1. The predicted molar refractivity (Wildman–Crippen MR) is 130 cm³/mol. The molecule has 0 fully saturated rings. The number of rotatable bonds is 10. The SMILES string of the molecule is CCCN(C(=O)c1ccc([N+](=O)[O-])cc1Cl)C(CC)c1nc2ccccc2c(=O)n1CCOC. The third kappa shape index (κ3) is 5.10. The molecule has 10 heteroatoms. The number of ether oxygens (including phenoxy) is 1. The molecule has 2 aromatic carbocycles. The smallest absolute Gasteiger partial charge is 0.270 e. The highest BCUT2D eigenvalue weighted by Crippen LogP contribution is 2.29. The topological polar surface area (TPSA) is 108 Å². The lowest BCUT2D eigenvalue weighted by Crippen LogP contribution is -2.39. The van der Waals surface area contributed by atoms with Crippen LogP contribution < -0.4 is 5.56 Å². The molecule has 3 rings (SSSR count). The quantitative estimate of drug-likeness (QED) is 0.306. The first-order valence-electron chi connectivity index (χ1n) is 11.1. The fourth-order valence-corrected chi connectivity index (χ4v) is 4.22. The van der Waals surface area contributed by atoms with E-state index < -0.39 is 11.0 Å². The lowest BCUT2D eigenvalue weighted by molar-refractivity contribution is -0.384. The monoisotopic (exact) mass is 486 g/mol. The van der Waals surface area contributed by atoms with E-state index in [1.54, 1.807) is 34.8 Å². The molecular formula is C24H27ClN4O5. The van der Waals surface area contributed by atoms with Crippen molar-refractivity contribution in [3.05, 3.63) is 79.3 Å². The molecule has 0 aliphatic carbocycles. The van der Waals surface area contributed by atoms with Gasteiger partial charge in [0.25, 0.3) is 17.2 Å². The molecule has 1 aromatic heterocycles. The Kier molecular flexibility index (Phi) is 8.36. The third-order valence-electron chi connectivity index (χ3n) is 5.59. The zero-order valence-corrected chi connectivity index (χ0v) is 20.1. The number of amides is 1. The summed E-state index contributed by atoms with van der Waals surface area (Å²) in [4.78, 5) is 43.9. The van der Waals surface area contributed by atoms with Crippen LogP contribution in [0.4, 0.5) is 5.69 Å². The summed E-state index contributed by atoms with van der Waals surface area (Å²) >= 11 is 6.27. The number of para-hydroxylation sites is 1. The Morgan fingerprint density at radius 2 is 2.00 bits per heavy atom. The van der Waals surface area contributed by atoms with Crippen molar-refractivity contribution in [3.63, 3.8) is 0 Å². The largest absolute Gasteiger partial charge is 0.383 e. The molecule has 0 radical (unpaired) electrons. The third-order valence-corrected chi connectivity index (χ3v) is 5.90. The van der Waals surface area contributed by atoms with Gasteiger partial charge in [-0.05, 0) is 31.0 Å². The average molecular weight is 487 g/mol. The van der Waals surface area contributed by atoms with Crippen LogP contribution in [0, 0.1) is 10.1 Å². The maximum Gasteiger partial charge on any atom is 0.270 e. The number of nitrogens with zero attached hydrogens (tertiary/aromatic N) is 4. The number of non-ortho nitro benzene ring substituents is 1. The molecular weight excluding hydrogens is 460 g/mol. The minimum absolute atomic E-state index is 0.00148. The summed E-state index contributed by atoms with van der Waals surface area (Å²) in [7, 11) is 1.56. The van der Waals surface area contributed by atoms with Crippen molar-refractivity contribution in [2.45, 2.75) is 39.3 Å². The van der Waals surface area contributed by atoms with E-state index in [9.17, 15) is 19.7 Å². The average Bonchev–Trinajstić information content (AvgIpc) is 2.83. The lowest BCUT2D eigenvalue weighted by Gasteiger charge is -2.32. The fourth-order valence-electron chi connectivity index (χ4n) is 3.97. The minimum atomic E-state index is -0.563. The Balaban J connectivity index is 2.15. The summed E-state index contributed by atoms with van der Waals surface area (Å²) < 4.78 is 6.77. The second-order valence-corrected chi connectivity index (χ2v) is 8.19. The van der Waals surface area contributed by atoms with Crippen LogP contribution in [0.15, 0.2) is 47.3 Å². The van der Waals surface area contributed by atoms with Crippen molar-refractivity contribution in [2.75, 3.05) is 20.3 Å². The van der Waals surface area contributed by atoms with E-state index in [2.05, 4.69) is 0 Å². The first kappa shape index (κ1) is 25.3. The molecule has 0 aliphatic rings. The minimum Gasteiger partial charge on any atom is -0.383 e. The predicted octanol–water partition coefficient (Wildman–Crippen LogP) is 4.61. The molecule has 0 saturated heterocycles. The molecule has 180 valence electrons. The molecule has 34 heavy (non-hydrogen) atoms. The van der Waals surface area contributed by atoms with Crippen LogP contribution in [-0.4, -0.2) is 45.5 Å². The van der Waals surface area contributed by atoms with Gasteiger partial charge in [-0.15, -0.1) is 0 Å². The van der Waals surface area contributed by atoms with Crippen molar-refractivity contribution in [1.29, 1.82) is 0 Å². The molecule has 0 aliphatic heterocycles. The van der Waals surface area contributed by atoms with E-state index in [1.165, 1.54) is 18.2 Å². The Hall–Kier alpha value is -3.30. The van der Waals surface area contributed by atoms with Gasteiger partial charge in [-0.2, -0.15) is 0 Å². The van der Waals surface area contributed by atoms with E-state index >= 15 is 0 Å². The molecule has 0 spiro atoms. The van der Waals surface area contributed by atoms with Crippen molar-refractivity contribution in [2.24, 2.45) is 0 Å². The number of nitro groups is 1. The van der Waals surface area contributed by atoms with Crippen LogP contribution in [0.2, 0.25) is 5.02 Å². The van der Waals surface area contributed by atoms with Crippen molar-refractivity contribution in [1.82, 2.24) is 14.5 Å². The molecule has 1 atom stereocenters. The maximum absolute atomic E-state index is 13.6. The molecule has 0 saturated carbocycles. The van der Waals surface area contributed by atoms with E-state index in [0.717, 1.165) is 0 Å². The Bertz CT molecular complexity index is 1260. The van der Waals surface area contributed by atoms with Gasteiger partial charge in [-0.3, -0.25) is 24.3 Å². The Morgan fingerprint density at radius 3 is 2.62 bits per heavy atom. The van der Waals surface area contributed by atoms with Gasteiger partial charge >= 0.3 is 0 Å². The molecule has 3 aromatic rings. The Morgan fingerprint density at radius 1 is 1.26 bits per heavy atom. The highest BCUT2D eigenvalue weighted by molar-refractivity contribution is 6.34. The van der Waals surface area contributed by atoms with Gasteiger partial charge in [-0.1, -0.05) is 37.6 Å². The summed E-state index contributed by atoms with van der Waals surface area (Å²) in [5.41, 5.74) is 0.311. The first-order chi connectivity index (χ1) is 16.3. The zero-order chi connectivity index (χ0) is 24.8. The molecule has 1 heterocycles. The van der Waals surface area contributed by atoms with Crippen LogP contribution >= 0.6 is 11.6 Å². The van der Waals surface area contributed by atoms with Gasteiger partial charge in [-0.25, -0.2) is 4.98 Å². The number of aromatic nitrogens is 2. The van der Waals surface area contributed by atoms with Gasteiger partial charge in [0.2, 0.25) is 0 Å². The number of benzene rings is 2. The lowest BCUT2D eigenvalue weighted by atomic mass is 10.1. The van der Waals surface area contributed by atoms with Crippen LogP contribution in [0.3, 0.4) is 0 Å². The number of nitro benzene ring substituents is 1. The number of carbonyl (C=O) groups is 1. The molecule has 1 unspecified atom stereocenters. The molecule has 0 N–H and O–H groups in total. The number of hydrogen-bond acceptors (Lipinski definition) is 6. The fraction of sp³-hybridized carbons (Fsp3) is 0.375. The van der Waals surface area contributed by atoms with Crippen molar-refractivity contribution < 1.29 is 14.5 Å². The molecule has 9 nitrogen and oxygen atoms in total. The number of methoxy groups -OCH3 is 1. The van der Waals surface area contributed by atoms with Crippen LogP contribution in [0.25, 0.3) is 10.9 Å². The van der Waals surface area contributed by atoms with Gasteiger partial charge in [0.15, 0.2) is 0 Å². The number of fused-ring (bicyclic) bond motifs is 1. The standard InChI is InChI=1S/C24H27ClN4O5/c1-4-12-27(23(30)17-11-10-16(29(32)33)15-19(17)25)21(5-2)22-26-20-9-7-6-8-18(20)24(31)28(22)13-14-34-3/h6-11,15,21H,4-5,12-14H2,1-3H3. The highest BCUT2D eigenvalue weighted by Gasteiger charge is 2.30. The normalized spacial score (nSPS) is 12.0. The van der Waals surface area contributed by atoms with Crippen molar-refractivity contribution in [3.8, 4) is 0 Å². The summed E-state index contributed by atoms with van der Waals surface area (Å²) in [5.74, 6) is 0.0809. The highest BCUT2D eigenvalue weighted by atomic mass is 35.5. The number of hydrogen-bond donors (Lipinski definition) is 0. The van der Waals surface area contributed by atoms with Crippen LogP contribution in [0.5, 0.6) is 0 Å². The van der Waals surface area contributed by atoms with Crippen LogP contribution in [-0.2, 0) is 11.3 Å². The summed E-state index contributed by atoms with van der Waals surface area (Å²) in [6.07, 6.45) is 1.15. The summed E-state index contributed by atoms with van der Waals surface area (Å²) in [5, 5.41) is 11.6. The second kappa shape index (κ2) is 11.2. The second-order valence-electron chi connectivity index (χ2n) is 7.78. The maximum atomic E-state index is 13.6. The first-order valence-corrected chi connectivity index (χ1v) is 11.4. The number of halogens is 1. The van der Waals surface area contributed by atoms with E-state index in [-0.39, 0.29) is 34.3 Å². The van der Waals surface area contributed by atoms with Gasteiger partial charge in [0.1, 0.15) is 5.82 Å². The van der Waals surface area contributed by atoms with Gasteiger partial charge in [0, 0.05) is 25.8 Å². The van der Waals surface area contributed by atoms with Crippen LogP contribution in [0.1, 0.15) is 48.9 Å². The van der Waals surface area contributed by atoms with E-state index in [1.807, 2.05) is 19.9 Å².